The number of carbonyl (C=O) groups excluding carboxylic acids is 1. The lowest BCUT2D eigenvalue weighted by atomic mass is 9.96. The molecule has 0 bridgehead atoms. The van der Waals surface area contributed by atoms with Crippen LogP contribution in [0.1, 0.15) is 32.3 Å². The Bertz CT molecular complexity index is 819. The maximum Gasteiger partial charge on any atom is 0.316 e. The molecule has 1 N–H and O–H groups in total. The van der Waals surface area contributed by atoms with Gasteiger partial charge in [-0.2, -0.15) is 0 Å². The van der Waals surface area contributed by atoms with Gasteiger partial charge in [0.2, 0.25) is 5.79 Å². The summed E-state index contributed by atoms with van der Waals surface area (Å²) in [6, 6.07) is 12.0. The Hall–Kier alpha value is -1.95. The van der Waals surface area contributed by atoms with Crippen LogP contribution >= 0.6 is 11.6 Å². The Morgan fingerprint density at radius 1 is 1.19 bits per heavy atom. The standard InChI is InChI=1S/C21H22ClFO4/c1-21(2)26-19(24)16(20(25)27-21)5-3-4-13-6-8-14(9-7-13)17-12-15(22)10-11-18(17)23/h6-12,16,19,24H,3-5H2,1-2H3. The Morgan fingerprint density at radius 3 is 2.56 bits per heavy atom. The van der Waals surface area contributed by atoms with Crippen molar-refractivity contribution in [2.24, 2.45) is 5.92 Å². The average molecular weight is 393 g/mol. The fourth-order valence-electron chi connectivity index (χ4n) is 3.19. The highest BCUT2D eigenvalue weighted by molar-refractivity contribution is 6.30. The van der Waals surface area contributed by atoms with E-state index >= 15 is 0 Å². The molecular weight excluding hydrogens is 371 g/mol. The first-order chi connectivity index (χ1) is 12.7. The molecule has 2 atom stereocenters. The van der Waals surface area contributed by atoms with Gasteiger partial charge in [-0.15, -0.1) is 0 Å². The number of esters is 1. The van der Waals surface area contributed by atoms with Crippen molar-refractivity contribution in [3.63, 3.8) is 0 Å². The van der Waals surface area contributed by atoms with E-state index in [2.05, 4.69) is 0 Å². The third kappa shape index (κ3) is 4.86. The van der Waals surface area contributed by atoms with Gasteiger partial charge in [0, 0.05) is 24.4 Å². The number of rotatable bonds is 5. The van der Waals surface area contributed by atoms with Crippen molar-refractivity contribution < 1.29 is 23.8 Å². The van der Waals surface area contributed by atoms with Gasteiger partial charge in [0.25, 0.3) is 0 Å². The van der Waals surface area contributed by atoms with Crippen LogP contribution in [0.3, 0.4) is 0 Å². The molecule has 1 saturated heterocycles. The summed E-state index contributed by atoms with van der Waals surface area (Å²) in [6.07, 6.45) is 0.708. The number of hydrogen-bond acceptors (Lipinski definition) is 4. The summed E-state index contributed by atoms with van der Waals surface area (Å²) in [5, 5.41) is 10.5. The smallest absolute Gasteiger partial charge is 0.316 e. The van der Waals surface area contributed by atoms with E-state index in [0.29, 0.717) is 23.4 Å². The predicted octanol–water partition coefficient (Wildman–Crippen LogP) is 4.71. The number of hydrogen-bond donors (Lipinski definition) is 1. The number of ether oxygens (including phenoxy) is 2. The molecule has 1 heterocycles. The van der Waals surface area contributed by atoms with E-state index in [-0.39, 0.29) is 5.82 Å². The predicted molar refractivity (Wildman–Crippen MR) is 101 cm³/mol. The second-order valence-electron chi connectivity index (χ2n) is 7.15. The lowest BCUT2D eigenvalue weighted by molar-refractivity contribution is -0.315. The molecule has 0 saturated carbocycles. The highest BCUT2D eigenvalue weighted by Gasteiger charge is 2.41. The van der Waals surface area contributed by atoms with E-state index < -0.39 is 24.0 Å². The van der Waals surface area contributed by atoms with Crippen LogP contribution in [-0.2, 0) is 20.7 Å². The van der Waals surface area contributed by atoms with Crippen LogP contribution in [-0.4, -0.2) is 23.2 Å². The van der Waals surface area contributed by atoms with Crippen LogP contribution in [0.4, 0.5) is 4.39 Å². The molecule has 1 aliphatic heterocycles. The molecular formula is C21H22ClFO4. The van der Waals surface area contributed by atoms with Crippen LogP contribution in [0, 0.1) is 11.7 Å². The molecule has 2 unspecified atom stereocenters. The summed E-state index contributed by atoms with van der Waals surface area (Å²) in [7, 11) is 0. The van der Waals surface area contributed by atoms with Gasteiger partial charge in [-0.05, 0) is 48.6 Å². The Labute approximate surface area is 162 Å². The highest BCUT2D eigenvalue weighted by atomic mass is 35.5. The summed E-state index contributed by atoms with van der Waals surface area (Å²) in [4.78, 5) is 12.0. The number of halogens is 2. The van der Waals surface area contributed by atoms with E-state index in [4.69, 9.17) is 21.1 Å². The zero-order valence-electron chi connectivity index (χ0n) is 15.2. The van der Waals surface area contributed by atoms with Crippen LogP contribution in [0.5, 0.6) is 0 Å². The average Bonchev–Trinajstić information content (AvgIpc) is 2.59. The zero-order valence-corrected chi connectivity index (χ0v) is 16.0. The topological polar surface area (TPSA) is 55.8 Å². The van der Waals surface area contributed by atoms with Crippen molar-refractivity contribution >= 4 is 17.6 Å². The lowest BCUT2D eigenvalue weighted by Gasteiger charge is -2.37. The minimum atomic E-state index is -1.16. The normalized spacial score (nSPS) is 21.7. The molecule has 3 rings (SSSR count). The number of aliphatic hydroxyl groups is 1. The molecule has 1 fully saturated rings. The first-order valence-corrected chi connectivity index (χ1v) is 9.26. The second-order valence-corrected chi connectivity index (χ2v) is 7.59. The third-order valence-corrected chi connectivity index (χ3v) is 4.81. The van der Waals surface area contributed by atoms with Crippen molar-refractivity contribution in [2.75, 3.05) is 0 Å². The number of aliphatic hydroxyl groups excluding tert-OH is 1. The maximum absolute atomic E-state index is 14.0. The van der Waals surface area contributed by atoms with E-state index in [0.717, 1.165) is 17.5 Å². The lowest BCUT2D eigenvalue weighted by Crippen LogP contribution is -2.48. The van der Waals surface area contributed by atoms with Crippen molar-refractivity contribution in [3.8, 4) is 11.1 Å². The monoisotopic (exact) mass is 392 g/mol. The van der Waals surface area contributed by atoms with Gasteiger partial charge in [-0.25, -0.2) is 4.39 Å². The van der Waals surface area contributed by atoms with Gasteiger partial charge in [-0.3, -0.25) is 4.79 Å². The van der Waals surface area contributed by atoms with E-state index in [9.17, 15) is 14.3 Å². The molecule has 2 aromatic rings. The molecule has 27 heavy (non-hydrogen) atoms. The van der Waals surface area contributed by atoms with E-state index in [1.807, 2.05) is 24.3 Å². The summed E-state index contributed by atoms with van der Waals surface area (Å²) in [6.45, 7) is 3.18. The van der Waals surface area contributed by atoms with Gasteiger partial charge in [-0.1, -0.05) is 35.9 Å². The minimum Gasteiger partial charge on any atom is -0.433 e. The van der Waals surface area contributed by atoms with Crippen molar-refractivity contribution in [1.82, 2.24) is 0 Å². The highest BCUT2D eigenvalue weighted by Crippen LogP contribution is 2.30. The second kappa shape index (κ2) is 7.97. The molecule has 0 spiro atoms. The Morgan fingerprint density at radius 2 is 1.89 bits per heavy atom. The number of carbonyl (C=O) groups is 1. The summed E-state index contributed by atoms with van der Waals surface area (Å²) < 4.78 is 24.4. The fourth-order valence-corrected chi connectivity index (χ4v) is 3.36. The van der Waals surface area contributed by atoms with Gasteiger partial charge in [0.1, 0.15) is 11.7 Å². The number of aryl methyl sites for hydroxylation is 1. The van der Waals surface area contributed by atoms with Crippen molar-refractivity contribution in [2.45, 2.75) is 45.2 Å². The SMILES string of the molecule is CC1(C)OC(=O)C(CCCc2ccc(-c3cc(Cl)ccc3F)cc2)C(O)O1. The quantitative estimate of drug-likeness (QED) is 0.748. The fraction of sp³-hybridized carbons (Fsp3) is 0.381. The zero-order chi connectivity index (χ0) is 19.6. The molecule has 0 aliphatic carbocycles. The van der Waals surface area contributed by atoms with Crippen molar-refractivity contribution in [3.05, 3.63) is 58.9 Å². The Kier molecular flexibility index (Phi) is 5.84. The number of cyclic esters (lactones) is 1. The first-order valence-electron chi connectivity index (χ1n) is 8.88. The van der Waals surface area contributed by atoms with Crippen molar-refractivity contribution in [1.29, 1.82) is 0 Å². The number of benzene rings is 2. The van der Waals surface area contributed by atoms with Gasteiger partial charge in [0.05, 0.1) is 0 Å². The van der Waals surface area contributed by atoms with E-state index in [1.165, 1.54) is 12.1 Å². The van der Waals surface area contributed by atoms with Crippen LogP contribution in [0.15, 0.2) is 42.5 Å². The van der Waals surface area contributed by atoms with Crippen LogP contribution < -0.4 is 0 Å². The third-order valence-electron chi connectivity index (χ3n) is 4.57. The summed E-state index contributed by atoms with van der Waals surface area (Å²) in [5.74, 6) is -2.54. The molecule has 0 aromatic heterocycles. The summed E-state index contributed by atoms with van der Waals surface area (Å²) >= 11 is 5.95. The molecule has 6 heteroatoms. The van der Waals surface area contributed by atoms with Gasteiger partial charge < -0.3 is 14.6 Å². The Balaban J connectivity index is 1.58. The van der Waals surface area contributed by atoms with Crippen LogP contribution in [0.25, 0.3) is 11.1 Å². The molecule has 144 valence electrons. The van der Waals surface area contributed by atoms with Gasteiger partial charge in [0.15, 0.2) is 6.29 Å². The molecule has 2 aromatic carbocycles. The largest absolute Gasteiger partial charge is 0.433 e. The minimum absolute atomic E-state index is 0.320. The first kappa shape index (κ1) is 19.8. The van der Waals surface area contributed by atoms with E-state index in [1.54, 1.807) is 19.9 Å². The molecule has 4 nitrogen and oxygen atoms in total. The maximum atomic E-state index is 14.0. The summed E-state index contributed by atoms with van der Waals surface area (Å²) in [5.41, 5.74) is 2.27. The molecule has 1 aliphatic rings. The molecule has 0 radical (unpaired) electrons. The molecule has 0 amide bonds. The van der Waals surface area contributed by atoms with Gasteiger partial charge >= 0.3 is 5.97 Å². The van der Waals surface area contributed by atoms with Crippen LogP contribution in [0.2, 0.25) is 5.02 Å².